The molecule has 19 heavy (non-hydrogen) atoms. The van der Waals surface area contributed by atoms with Crippen molar-refractivity contribution < 1.29 is 4.79 Å². The molecular formula is C14H18N4O. The van der Waals surface area contributed by atoms with E-state index in [2.05, 4.69) is 28.5 Å². The van der Waals surface area contributed by atoms with Gasteiger partial charge in [-0.15, -0.1) is 0 Å². The van der Waals surface area contributed by atoms with Crippen LogP contribution in [-0.2, 0) is 4.79 Å². The predicted molar refractivity (Wildman–Crippen MR) is 73.7 cm³/mol. The summed E-state index contributed by atoms with van der Waals surface area (Å²) in [5.74, 6) is -0.0150. The first-order valence-corrected chi connectivity index (χ1v) is 6.43. The zero-order chi connectivity index (χ0) is 13.7. The largest absolute Gasteiger partial charge is 0.325 e. The Kier molecular flexibility index (Phi) is 4.50. The van der Waals surface area contributed by atoms with Gasteiger partial charge in [0.1, 0.15) is 0 Å². The van der Waals surface area contributed by atoms with Crippen molar-refractivity contribution in [3.63, 3.8) is 0 Å². The summed E-state index contributed by atoms with van der Waals surface area (Å²) < 4.78 is 0. The van der Waals surface area contributed by atoms with E-state index in [0.29, 0.717) is 18.2 Å². The van der Waals surface area contributed by atoms with E-state index in [9.17, 15) is 4.79 Å². The summed E-state index contributed by atoms with van der Waals surface area (Å²) in [6.45, 7) is 5.23. The maximum Gasteiger partial charge on any atom is 0.238 e. The summed E-state index contributed by atoms with van der Waals surface area (Å²) in [6, 6.07) is 9.37. The number of nitrogens with zero attached hydrogens (tertiary/aromatic N) is 2. The number of benzene rings is 1. The van der Waals surface area contributed by atoms with Crippen LogP contribution in [0.5, 0.6) is 0 Å². The molecule has 0 aliphatic carbocycles. The van der Waals surface area contributed by atoms with E-state index in [4.69, 9.17) is 5.26 Å². The molecule has 0 bridgehead atoms. The molecular weight excluding hydrogens is 240 g/mol. The number of carbonyl (C=O) groups is 1. The second-order valence-corrected chi connectivity index (χ2v) is 4.83. The van der Waals surface area contributed by atoms with Gasteiger partial charge in [-0.25, -0.2) is 0 Å². The Bertz CT molecular complexity index is 477. The molecule has 1 aromatic carbocycles. The molecule has 2 rings (SSSR count). The second-order valence-electron chi connectivity index (χ2n) is 4.83. The van der Waals surface area contributed by atoms with E-state index >= 15 is 0 Å². The lowest BCUT2D eigenvalue weighted by molar-refractivity contribution is -0.117. The Morgan fingerprint density at radius 3 is 2.89 bits per heavy atom. The van der Waals surface area contributed by atoms with E-state index in [1.807, 2.05) is 0 Å². The first-order valence-electron chi connectivity index (χ1n) is 6.43. The van der Waals surface area contributed by atoms with Crippen LogP contribution in [0.2, 0.25) is 0 Å². The van der Waals surface area contributed by atoms with Gasteiger partial charge in [0.05, 0.1) is 18.2 Å². The average Bonchev–Trinajstić information content (AvgIpc) is 2.39. The van der Waals surface area contributed by atoms with E-state index in [1.165, 1.54) is 0 Å². The van der Waals surface area contributed by atoms with Gasteiger partial charge in [0.25, 0.3) is 0 Å². The zero-order valence-corrected chi connectivity index (χ0v) is 11.0. The monoisotopic (exact) mass is 258 g/mol. The lowest BCUT2D eigenvalue weighted by atomic mass is 10.2. The van der Waals surface area contributed by atoms with Crippen LogP contribution in [0, 0.1) is 11.3 Å². The van der Waals surface area contributed by atoms with Gasteiger partial charge in [-0.1, -0.05) is 0 Å². The van der Waals surface area contributed by atoms with Crippen LogP contribution in [0.25, 0.3) is 0 Å². The van der Waals surface area contributed by atoms with Gasteiger partial charge in [-0.3, -0.25) is 9.69 Å². The fourth-order valence-electron chi connectivity index (χ4n) is 2.19. The number of hydrogen-bond donors (Lipinski definition) is 2. The fourth-order valence-corrected chi connectivity index (χ4v) is 2.19. The van der Waals surface area contributed by atoms with Crippen molar-refractivity contribution in [1.29, 1.82) is 5.26 Å². The number of nitriles is 1. The predicted octanol–water partition coefficient (Wildman–Crippen LogP) is 0.790. The number of piperazine rings is 1. The van der Waals surface area contributed by atoms with E-state index < -0.39 is 0 Å². The molecule has 1 amide bonds. The minimum absolute atomic E-state index is 0.0150. The molecule has 5 heteroatoms. The van der Waals surface area contributed by atoms with Crippen LogP contribution in [0.15, 0.2) is 24.3 Å². The Labute approximate surface area is 113 Å². The maximum absolute atomic E-state index is 11.9. The van der Waals surface area contributed by atoms with Gasteiger partial charge in [-0.2, -0.15) is 5.26 Å². The minimum atomic E-state index is -0.0150. The molecule has 1 saturated heterocycles. The average molecular weight is 258 g/mol. The summed E-state index contributed by atoms with van der Waals surface area (Å²) in [7, 11) is 0. The number of hydrogen-bond acceptors (Lipinski definition) is 4. The smallest absolute Gasteiger partial charge is 0.238 e. The van der Waals surface area contributed by atoms with E-state index in [1.54, 1.807) is 24.3 Å². The van der Waals surface area contributed by atoms with E-state index in [-0.39, 0.29) is 5.91 Å². The molecule has 0 unspecified atom stereocenters. The normalized spacial score (nSPS) is 19.7. The molecule has 0 radical (unpaired) electrons. The summed E-state index contributed by atoms with van der Waals surface area (Å²) in [5.41, 5.74) is 1.32. The standard InChI is InChI=1S/C14H18N4O/c1-11-9-18(7-6-16-11)10-14(19)17-13-4-2-12(8-15)3-5-13/h2-5,11,16H,6-7,9-10H2,1H3,(H,17,19)/t11-/m0/s1. The van der Waals surface area contributed by atoms with Crippen LogP contribution >= 0.6 is 0 Å². The van der Waals surface area contributed by atoms with Crippen LogP contribution in [0.4, 0.5) is 5.69 Å². The number of carbonyl (C=O) groups excluding carboxylic acids is 1. The molecule has 1 heterocycles. The first-order chi connectivity index (χ1) is 9.17. The quantitative estimate of drug-likeness (QED) is 0.841. The minimum Gasteiger partial charge on any atom is -0.325 e. The van der Waals surface area contributed by atoms with Gasteiger partial charge < -0.3 is 10.6 Å². The van der Waals surface area contributed by atoms with E-state index in [0.717, 1.165) is 25.3 Å². The summed E-state index contributed by atoms with van der Waals surface area (Å²) in [4.78, 5) is 14.0. The molecule has 5 nitrogen and oxygen atoms in total. The third-order valence-corrected chi connectivity index (χ3v) is 3.12. The highest BCUT2D eigenvalue weighted by Crippen LogP contribution is 2.09. The molecule has 0 spiro atoms. The van der Waals surface area contributed by atoms with Crippen molar-refractivity contribution in [2.75, 3.05) is 31.5 Å². The number of nitrogens with one attached hydrogen (secondary N) is 2. The highest BCUT2D eigenvalue weighted by molar-refractivity contribution is 5.92. The Balaban J connectivity index is 1.85. The summed E-state index contributed by atoms with van der Waals surface area (Å²) in [5, 5.41) is 14.9. The van der Waals surface area contributed by atoms with Crippen LogP contribution in [0.1, 0.15) is 12.5 Å². The molecule has 0 saturated carbocycles. The molecule has 100 valence electrons. The lowest BCUT2D eigenvalue weighted by Gasteiger charge is -2.31. The van der Waals surface area contributed by atoms with Gasteiger partial charge in [-0.05, 0) is 31.2 Å². The Hall–Kier alpha value is -1.90. The SMILES string of the molecule is C[C@H]1CN(CC(=O)Nc2ccc(C#N)cc2)CCN1. The molecule has 1 aliphatic rings. The number of amides is 1. The molecule has 0 aromatic heterocycles. The summed E-state index contributed by atoms with van der Waals surface area (Å²) in [6.07, 6.45) is 0. The molecule has 1 aliphatic heterocycles. The van der Waals surface area contributed by atoms with Gasteiger partial charge >= 0.3 is 0 Å². The first kappa shape index (κ1) is 13.5. The highest BCUT2D eigenvalue weighted by Gasteiger charge is 2.17. The zero-order valence-electron chi connectivity index (χ0n) is 11.0. The Morgan fingerprint density at radius 2 is 2.26 bits per heavy atom. The fraction of sp³-hybridized carbons (Fsp3) is 0.429. The van der Waals surface area contributed by atoms with Crippen molar-refractivity contribution in [2.24, 2.45) is 0 Å². The van der Waals surface area contributed by atoms with Crippen molar-refractivity contribution >= 4 is 11.6 Å². The highest BCUT2D eigenvalue weighted by atomic mass is 16.2. The van der Waals surface area contributed by atoms with Crippen LogP contribution in [0.3, 0.4) is 0 Å². The van der Waals surface area contributed by atoms with Crippen LogP contribution < -0.4 is 10.6 Å². The van der Waals surface area contributed by atoms with Crippen molar-refractivity contribution in [3.05, 3.63) is 29.8 Å². The lowest BCUT2D eigenvalue weighted by Crippen LogP contribution is -2.51. The van der Waals surface area contributed by atoms with Gasteiger partial charge in [0, 0.05) is 31.4 Å². The molecule has 1 fully saturated rings. The van der Waals surface area contributed by atoms with Crippen molar-refractivity contribution in [2.45, 2.75) is 13.0 Å². The third kappa shape index (κ3) is 4.05. The van der Waals surface area contributed by atoms with Gasteiger partial charge in [0.2, 0.25) is 5.91 Å². The third-order valence-electron chi connectivity index (χ3n) is 3.12. The van der Waals surface area contributed by atoms with Gasteiger partial charge in [0.15, 0.2) is 0 Å². The number of rotatable bonds is 3. The molecule has 1 atom stereocenters. The Morgan fingerprint density at radius 1 is 1.53 bits per heavy atom. The molecule has 1 aromatic rings. The van der Waals surface area contributed by atoms with Crippen molar-refractivity contribution in [1.82, 2.24) is 10.2 Å². The summed E-state index contributed by atoms with van der Waals surface area (Å²) >= 11 is 0. The topological polar surface area (TPSA) is 68.2 Å². The second kappa shape index (κ2) is 6.32. The maximum atomic E-state index is 11.9. The van der Waals surface area contributed by atoms with Crippen LogP contribution in [-0.4, -0.2) is 43.0 Å². The van der Waals surface area contributed by atoms with Crippen molar-refractivity contribution in [3.8, 4) is 6.07 Å². The number of anilines is 1. The molecule has 2 N–H and O–H groups in total.